The number of benzene rings is 2. The van der Waals surface area contributed by atoms with Crippen LogP contribution in [-0.2, 0) is 17.3 Å². The van der Waals surface area contributed by atoms with Crippen LogP contribution in [0.25, 0.3) is 0 Å². The van der Waals surface area contributed by atoms with Crippen LogP contribution < -0.4 is 0 Å². The summed E-state index contributed by atoms with van der Waals surface area (Å²) in [7, 11) is -1.00. The third-order valence-electron chi connectivity index (χ3n) is 2.72. The van der Waals surface area contributed by atoms with E-state index in [1.54, 1.807) is 0 Å². The van der Waals surface area contributed by atoms with Crippen molar-refractivity contribution in [3.8, 4) is 0 Å². The summed E-state index contributed by atoms with van der Waals surface area (Å²) in [4.78, 5) is 5.34. The molecule has 1 unspecified atom stereocenters. The van der Waals surface area contributed by atoms with E-state index in [1.807, 2.05) is 67.6 Å². The maximum absolute atomic E-state index is 12.1. The van der Waals surface area contributed by atoms with Crippen molar-refractivity contribution in [2.24, 2.45) is 4.99 Å². The van der Waals surface area contributed by atoms with Crippen molar-refractivity contribution >= 4 is 16.5 Å². The van der Waals surface area contributed by atoms with Gasteiger partial charge in [-0.1, -0.05) is 48.5 Å². The molecule has 2 aromatic rings. The molecule has 0 aliphatic rings. The van der Waals surface area contributed by atoms with Crippen LogP contribution in [-0.4, -0.2) is 15.7 Å². The third kappa shape index (κ3) is 4.45. The first kappa shape index (κ1) is 13.7. The lowest BCUT2D eigenvalue weighted by Crippen LogP contribution is -2.07. The fourth-order valence-electron chi connectivity index (χ4n) is 1.70. The van der Waals surface area contributed by atoms with E-state index < -0.39 is 10.8 Å². The molecule has 0 radical (unpaired) electrons. The highest BCUT2D eigenvalue weighted by Crippen LogP contribution is 2.06. The maximum Gasteiger partial charge on any atom is 0.0659 e. The van der Waals surface area contributed by atoms with Crippen LogP contribution in [0.15, 0.2) is 70.6 Å². The average Bonchev–Trinajstić information content (AvgIpc) is 2.47. The lowest BCUT2D eigenvalue weighted by Gasteiger charge is -2.02. The molecule has 0 bridgehead atoms. The molecule has 0 heterocycles. The zero-order chi connectivity index (χ0) is 13.5. The highest BCUT2D eigenvalue weighted by atomic mass is 32.2. The van der Waals surface area contributed by atoms with E-state index in [9.17, 15) is 4.21 Å². The summed E-state index contributed by atoms with van der Waals surface area (Å²) < 4.78 is 12.1. The molecule has 0 N–H and O–H groups in total. The molecule has 0 saturated heterocycles. The molecule has 0 saturated carbocycles. The van der Waals surface area contributed by atoms with Crippen molar-refractivity contribution in [2.75, 3.05) is 5.75 Å². The Morgan fingerprint density at radius 3 is 2.21 bits per heavy atom. The number of nitrogens with zero attached hydrogens (tertiary/aromatic N) is 1. The Labute approximate surface area is 116 Å². The van der Waals surface area contributed by atoms with E-state index in [2.05, 4.69) is 4.99 Å². The highest BCUT2D eigenvalue weighted by Gasteiger charge is 2.04. The monoisotopic (exact) mass is 271 g/mol. The summed E-state index contributed by atoms with van der Waals surface area (Å²) in [6, 6.07) is 19.6. The largest absolute Gasteiger partial charge is 0.289 e. The Kier molecular flexibility index (Phi) is 5.04. The van der Waals surface area contributed by atoms with Crippen LogP contribution in [0.2, 0.25) is 0 Å². The van der Waals surface area contributed by atoms with E-state index in [0.29, 0.717) is 12.3 Å². The van der Waals surface area contributed by atoms with Crippen molar-refractivity contribution in [2.45, 2.75) is 18.4 Å². The lowest BCUT2D eigenvalue weighted by molar-refractivity contribution is 0.685. The first-order chi connectivity index (χ1) is 9.25. The zero-order valence-corrected chi connectivity index (χ0v) is 11.8. The topological polar surface area (TPSA) is 29.4 Å². The molecule has 0 aromatic heterocycles. The third-order valence-corrected chi connectivity index (χ3v) is 4.20. The molecule has 2 rings (SSSR count). The molecule has 1 atom stereocenters. The fraction of sp³-hybridized carbons (Fsp3) is 0.188. The van der Waals surface area contributed by atoms with Gasteiger partial charge in [0.2, 0.25) is 0 Å². The zero-order valence-electron chi connectivity index (χ0n) is 11.0. The minimum absolute atomic E-state index is 0.497. The van der Waals surface area contributed by atoms with E-state index in [0.717, 1.165) is 10.6 Å². The molecule has 0 amide bonds. The van der Waals surface area contributed by atoms with Gasteiger partial charge in [0.25, 0.3) is 0 Å². The van der Waals surface area contributed by atoms with Crippen molar-refractivity contribution < 1.29 is 4.21 Å². The second-order valence-electron chi connectivity index (χ2n) is 4.34. The van der Waals surface area contributed by atoms with Gasteiger partial charge in [-0.2, -0.15) is 0 Å². The predicted octanol–water partition coefficient (Wildman–Crippen LogP) is 3.46. The quantitative estimate of drug-likeness (QED) is 0.766. The van der Waals surface area contributed by atoms with Gasteiger partial charge < -0.3 is 0 Å². The molecular formula is C16H17NOS. The first-order valence-electron chi connectivity index (χ1n) is 6.23. The molecule has 0 spiro atoms. The van der Waals surface area contributed by atoms with Gasteiger partial charge in [0.1, 0.15) is 0 Å². The van der Waals surface area contributed by atoms with Crippen LogP contribution in [0.1, 0.15) is 12.5 Å². The summed E-state index contributed by atoms with van der Waals surface area (Å²) >= 11 is 0. The normalized spacial score (nSPS) is 13.2. The maximum atomic E-state index is 12.1. The van der Waals surface area contributed by atoms with E-state index >= 15 is 0 Å². The Bertz CT molecular complexity index is 564. The SMILES string of the molecule is CC(CS(=O)c1ccccc1)=NCc1ccccc1. The second-order valence-corrected chi connectivity index (χ2v) is 5.79. The summed E-state index contributed by atoms with van der Waals surface area (Å²) in [5.74, 6) is 0.497. The van der Waals surface area contributed by atoms with Gasteiger partial charge in [0, 0.05) is 10.6 Å². The Hall–Kier alpha value is -1.74. The summed E-state index contributed by atoms with van der Waals surface area (Å²) in [6.07, 6.45) is 0. The van der Waals surface area contributed by atoms with Crippen molar-refractivity contribution in [1.29, 1.82) is 0 Å². The van der Waals surface area contributed by atoms with Crippen molar-refractivity contribution in [3.63, 3.8) is 0 Å². The molecule has 0 aliphatic heterocycles. The van der Waals surface area contributed by atoms with Gasteiger partial charge >= 0.3 is 0 Å². The average molecular weight is 271 g/mol. The van der Waals surface area contributed by atoms with Crippen LogP contribution >= 0.6 is 0 Å². The fourth-order valence-corrected chi connectivity index (χ4v) is 2.80. The van der Waals surface area contributed by atoms with Gasteiger partial charge in [-0.3, -0.25) is 9.20 Å². The van der Waals surface area contributed by atoms with Gasteiger partial charge in [0.05, 0.1) is 23.1 Å². The van der Waals surface area contributed by atoms with Crippen LogP contribution in [0.3, 0.4) is 0 Å². The molecule has 3 heteroatoms. The van der Waals surface area contributed by atoms with Gasteiger partial charge in [-0.15, -0.1) is 0 Å². The standard InChI is InChI=1S/C16H17NOS/c1-14(17-12-15-8-4-2-5-9-15)13-19(18)16-10-6-3-7-11-16/h2-11H,12-13H2,1H3. The molecule has 0 aliphatic carbocycles. The van der Waals surface area contributed by atoms with Gasteiger partial charge in [-0.25, -0.2) is 0 Å². The Balaban J connectivity index is 1.94. The van der Waals surface area contributed by atoms with Crippen molar-refractivity contribution in [1.82, 2.24) is 0 Å². The summed E-state index contributed by atoms with van der Waals surface area (Å²) in [5, 5.41) is 0. The van der Waals surface area contributed by atoms with E-state index in [1.165, 1.54) is 5.56 Å². The smallest absolute Gasteiger partial charge is 0.0659 e. The van der Waals surface area contributed by atoms with Crippen LogP contribution in [0.4, 0.5) is 0 Å². The van der Waals surface area contributed by atoms with Crippen molar-refractivity contribution in [3.05, 3.63) is 66.2 Å². The van der Waals surface area contributed by atoms with Gasteiger partial charge in [0.15, 0.2) is 0 Å². The van der Waals surface area contributed by atoms with Gasteiger partial charge in [-0.05, 0) is 24.6 Å². The lowest BCUT2D eigenvalue weighted by atomic mass is 10.2. The molecule has 0 fully saturated rings. The molecule has 98 valence electrons. The molecule has 2 nitrogen and oxygen atoms in total. The summed E-state index contributed by atoms with van der Waals surface area (Å²) in [5.41, 5.74) is 2.10. The highest BCUT2D eigenvalue weighted by molar-refractivity contribution is 7.85. The minimum Gasteiger partial charge on any atom is -0.289 e. The van der Waals surface area contributed by atoms with Crippen LogP contribution in [0.5, 0.6) is 0 Å². The Morgan fingerprint density at radius 1 is 1.00 bits per heavy atom. The minimum atomic E-state index is -1.00. The van der Waals surface area contributed by atoms with E-state index in [4.69, 9.17) is 0 Å². The number of aliphatic imine (C=N–C) groups is 1. The molecule has 19 heavy (non-hydrogen) atoms. The first-order valence-corrected chi connectivity index (χ1v) is 7.55. The Morgan fingerprint density at radius 2 is 1.58 bits per heavy atom. The molecular weight excluding hydrogens is 254 g/mol. The number of hydrogen-bond acceptors (Lipinski definition) is 2. The number of hydrogen-bond donors (Lipinski definition) is 0. The second kappa shape index (κ2) is 7.00. The predicted molar refractivity (Wildman–Crippen MR) is 81.0 cm³/mol. The number of rotatable bonds is 5. The van der Waals surface area contributed by atoms with E-state index in [-0.39, 0.29) is 0 Å². The van der Waals surface area contributed by atoms with Crippen LogP contribution in [0, 0.1) is 0 Å². The molecule has 2 aromatic carbocycles. The summed E-state index contributed by atoms with van der Waals surface area (Å²) in [6.45, 7) is 2.59.